The minimum absolute atomic E-state index is 0.0505. The van der Waals surface area contributed by atoms with E-state index in [0.29, 0.717) is 13.1 Å². The molecule has 4 heteroatoms. The average molecular weight is 201 g/mol. The fourth-order valence-electron chi connectivity index (χ4n) is 1.72. The molecule has 0 bridgehead atoms. The molecule has 0 radical (unpaired) electrons. The van der Waals surface area contributed by atoms with Crippen LogP contribution in [0, 0.1) is 0 Å². The lowest BCUT2D eigenvalue weighted by Gasteiger charge is -2.36. The molecule has 1 rings (SSSR count). The Bertz CT molecular complexity index is 198. The van der Waals surface area contributed by atoms with Crippen molar-refractivity contribution in [1.29, 1.82) is 0 Å². The van der Waals surface area contributed by atoms with Gasteiger partial charge in [0.05, 0.1) is 12.2 Å². The molecule has 82 valence electrons. The highest BCUT2D eigenvalue weighted by molar-refractivity contribution is 5.80. The van der Waals surface area contributed by atoms with Crippen LogP contribution in [0.4, 0.5) is 0 Å². The number of morpholine rings is 1. The van der Waals surface area contributed by atoms with Gasteiger partial charge < -0.3 is 14.4 Å². The molecule has 0 aliphatic carbocycles. The lowest BCUT2D eigenvalue weighted by molar-refractivity contribution is -0.152. The zero-order valence-corrected chi connectivity index (χ0v) is 9.32. The van der Waals surface area contributed by atoms with Crippen LogP contribution in [0.15, 0.2) is 0 Å². The Morgan fingerprint density at radius 1 is 1.43 bits per heavy atom. The van der Waals surface area contributed by atoms with E-state index in [0.717, 1.165) is 0 Å². The molecule has 0 aromatic carbocycles. The van der Waals surface area contributed by atoms with E-state index in [1.54, 1.807) is 14.0 Å². The Labute approximate surface area is 85.2 Å². The van der Waals surface area contributed by atoms with Crippen LogP contribution in [0.1, 0.15) is 20.8 Å². The van der Waals surface area contributed by atoms with E-state index in [4.69, 9.17) is 9.47 Å². The van der Waals surface area contributed by atoms with Crippen molar-refractivity contribution < 1.29 is 14.3 Å². The lowest BCUT2D eigenvalue weighted by atomic mass is 10.2. The number of nitrogens with zero attached hydrogens (tertiary/aromatic N) is 1. The van der Waals surface area contributed by atoms with Crippen LogP contribution < -0.4 is 0 Å². The molecule has 0 spiro atoms. The van der Waals surface area contributed by atoms with Gasteiger partial charge >= 0.3 is 0 Å². The standard InChI is InChI=1S/C10H19NO3/c1-7-5-11(6-8(2)14-7)10(12)9(3)13-4/h7-9H,5-6H2,1-4H3/t7-,8+,9?. The Morgan fingerprint density at radius 2 is 1.93 bits per heavy atom. The van der Waals surface area contributed by atoms with Gasteiger partial charge in [-0.1, -0.05) is 0 Å². The minimum Gasteiger partial charge on any atom is -0.372 e. The van der Waals surface area contributed by atoms with E-state index in [-0.39, 0.29) is 24.2 Å². The summed E-state index contributed by atoms with van der Waals surface area (Å²) in [6.07, 6.45) is -0.119. The van der Waals surface area contributed by atoms with Crippen molar-refractivity contribution in [3.63, 3.8) is 0 Å². The summed E-state index contributed by atoms with van der Waals surface area (Å²) in [7, 11) is 1.55. The van der Waals surface area contributed by atoms with Crippen molar-refractivity contribution in [3.8, 4) is 0 Å². The maximum atomic E-state index is 11.8. The van der Waals surface area contributed by atoms with Gasteiger partial charge in [-0.15, -0.1) is 0 Å². The molecule has 1 amide bonds. The van der Waals surface area contributed by atoms with E-state index >= 15 is 0 Å². The zero-order chi connectivity index (χ0) is 10.7. The van der Waals surface area contributed by atoms with Crippen LogP contribution in [0.3, 0.4) is 0 Å². The molecule has 1 fully saturated rings. The van der Waals surface area contributed by atoms with Gasteiger partial charge in [0.15, 0.2) is 0 Å². The fourth-order valence-corrected chi connectivity index (χ4v) is 1.72. The van der Waals surface area contributed by atoms with E-state index in [9.17, 15) is 4.79 Å². The van der Waals surface area contributed by atoms with Crippen molar-refractivity contribution >= 4 is 5.91 Å². The molecule has 0 aromatic rings. The summed E-state index contributed by atoms with van der Waals surface area (Å²) in [5, 5.41) is 0. The fraction of sp³-hybridized carbons (Fsp3) is 0.900. The number of carbonyl (C=O) groups excluding carboxylic acids is 1. The van der Waals surface area contributed by atoms with Gasteiger partial charge in [-0.2, -0.15) is 0 Å². The quantitative estimate of drug-likeness (QED) is 0.658. The van der Waals surface area contributed by atoms with Crippen LogP contribution in [0.2, 0.25) is 0 Å². The number of rotatable bonds is 2. The van der Waals surface area contributed by atoms with Gasteiger partial charge in [0, 0.05) is 20.2 Å². The molecule has 14 heavy (non-hydrogen) atoms. The molecule has 1 unspecified atom stereocenters. The number of methoxy groups -OCH3 is 1. The van der Waals surface area contributed by atoms with Crippen molar-refractivity contribution in [2.24, 2.45) is 0 Å². The number of ether oxygens (including phenoxy) is 2. The van der Waals surface area contributed by atoms with E-state index in [1.807, 2.05) is 18.7 Å². The Balaban J connectivity index is 2.54. The second-order valence-electron chi connectivity index (χ2n) is 3.88. The summed E-state index contributed by atoms with van der Waals surface area (Å²) in [4.78, 5) is 13.6. The third-order valence-electron chi connectivity index (χ3n) is 2.43. The third kappa shape index (κ3) is 2.69. The molecule has 1 aliphatic heterocycles. The predicted molar refractivity (Wildman–Crippen MR) is 53.1 cm³/mol. The van der Waals surface area contributed by atoms with Crippen LogP contribution >= 0.6 is 0 Å². The van der Waals surface area contributed by atoms with Gasteiger partial charge in [0.25, 0.3) is 5.91 Å². The molecule has 3 atom stereocenters. The number of hydrogen-bond donors (Lipinski definition) is 0. The Morgan fingerprint density at radius 3 is 2.36 bits per heavy atom. The van der Waals surface area contributed by atoms with Gasteiger partial charge in [-0.3, -0.25) is 4.79 Å². The second-order valence-corrected chi connectivity index (χ2v) is 3.88. The van der Waals surface area contributed by atoms with E-state index in [2.05, 4.69) is 0 Å². The van der Waals surface area contributed by atoms with Gasteiger partial charge in [0.1, 0.15) is 6.10 Å². The highest BCUT2D eigenvalue weighted by atomic mass is 16.5. The average Bonchev–Trinajstić information content (AvgIpc) is 2.14. The zero-order valence-electron chi connectivity index (χ0n) is 9.32. The highest BCUT2D eigenvalue weighted by Gasteiger charge is 2.28. The largest absolute Gasteiger partial charge is 0.372 e. The molecule has 1 aliphatic rings. The van der Waals surface area contributed by atoms with E-state index in [1.165, 1.54) is 0 Å². The van der Waals surface area contributed by atoms with Crippen molar-refractivity contribution in [3.05, 3.63) is 0 Å². The first-order valence-electron chi connectivity index (χ1n) is 5.01. The first kappa shape index (κ1) is 11.5. The molecule has 1 heterocycles. The molecule has 4 nitrogen and oxygen atoms in total. The maximum Gasteiger partial charge on any atom is 0.251 e. The first-order valence-corrected chi connectivity index (χ1v) is 5.01. The number of hydrogen-bond acceptors (Lipinski definition) is 3. The highest BCUT2D eigenvalue weighted by Crippen LogP contribution is 2.12. The van der Waals surface area contributed by atoms with E-state index < -0.39 is 0 Å². The van der Waals surface area contributed by atoms with Crippen LogP contribution in [0.25, 0.3) is 0 Å². The van der Waals surface area contributed by atoms with Gasteiger partial charge in [-0.25, -0.2) is 0 Å². The SMILES string of the molecule is COC(C)C(=O)N1C[C@@H](C)O[C@@H](C)C1. The maximum absolute atomic E-state index is 11.8. The molecular weight excluding hydrogens is 182 g/mol. The topological polar surface area (TPSA) is 38.8 Å². The normalized spacial score (nSPS) is 30.1. The predicted octanol–water partition coefficient (Wildman–Crippen LogP) is 0.657. The Kier molecular flexibility index (Phi) is 3.89. The second kappa shape index (κ2) is 4.75. The summed E-state index contributed by atoms with van der Waals surface area (Å²) in [5.74, 6) is 0.0505. The number of carbonyl (C=O) groups is 1. The molecule has 0 N–H and O–H groups in total. The molecule has 1 saturated heterocycles. The van der Waals surface area contributed by atoms with Crippen molar-refractivity contribution in [2.45, 2.75) is 39.1 Å². The summed E-state index contributed by atoms with van der Waals surface area (Å²) in [6.45, 7) is 7.06. The summed E-state index contributed by atoms with van der Waals surface area (Å²) < 4.78 is 10.5. The van der Waals surface area contributed by atoms with Crippen LogP contribution in [-0.4, -0.2) is 49.3 Å². The monoisotopic (exact) mass is 201 g/mol. The van der Waals surface area contributed by atoms with Crippen LogP contribution in [0.5, 0.6) is 0 Å². The van der Waals surface area contributed by atoms with Gasteiger partial charge in [-0.05, 0) is 20.8 Å². The summed E-state index contributed by atoms with van der Waals surface area (Å²) >= 11 is 0. The number of amides is 1. The van der Waals surface area contributed by atoms with Crippen molar-refractivity contribution in [2.75, 3.05) is 20.2 Å². The van der Waals surface area contributed by atoms with Gasteiger partial charge in [0.2, 0.25) is 0 Å². The van der Waals surface area contributed by atoms with Crippen molar-refractivity contribution in [1.82, 2.24) is 4.90 Å². The molecule has 0 saturated carbocycles. The smallest absolute Gasteiger partial charge is 0.251 e. The van der Waals surface area contributed by atoms with Crippen LogP contribution in [-0.2, 0) is 14.3 Å². The lowest BCUT2D eigenvalue weighted by Crippen LogP contribution is -2.51. The molecular formula is C10H19NO3. The molecule has 0 aromatic heterocycles. The summed E-state index contributed by atoms with van der Waals surface area (Å²) in [5.41, 5.74) is 0. The first-order chi connectivity index (χ1) is 6.54. The third-order valence-corrected chi connectivity index (χ3v) is 2.43. The Hall–Kier alpha value is -0.610. The minimum atomic E-state index is -0.354. The summed E-state index contributed by atoms with van der Waals surface area (Å²) in [6, 6.07) is 0.